The van der Waals surface area contributed by atoms with Gasteiger partial charge in [0.15, 0.2) is 0 Å². The van der Waals surface area contributed by atoms with Crippen LogP contribution in [0.2, 0.25) is 0 Å². The van der Waals surface area contributed by atoms with Crippen molar-refractivity contribution in [3.63, 3.8) is 0 Å². The van der Waals surface area contributed by atoms with Crippen LogP contribution in [0.4, 0.5) is 0 Å². The highest BCUT2D eigenvalue weighted by atomic mass is 16.5. The average Bonchev–Trinajstić information content (AvgIpc) is 2.35. The molecule has 0 radical (unpaired) electrons. The van der Waals surface area contributed by atoms with Crippen molar-refractivity contribution in [2.24, 2.45) is 5.41 Å². The number of likely N-dealkylation sites (tertiary alicyclic amines) is 1. The van der Waals surface area contributed by atoms with Crippen LogP contribution in [0.1, 0.15) is 32.6 Å². The summed E-state index contributed by atoms with van der Waals surface area (Å²) in [6.45, 7) is 4.06. The van der Waals surface area contributed by atoms with Crippen LogP contribution in [0.3, 0.4) is 0 Å². The quantitative estimate of drug-likeness (QED) is 0.744. The van der Waals surface area contributed by atoms with Gasteiger partial charge in [-0.2, -0.15) is 5.26 Å². The third-order valence-electron chi connectivity index (χ3n) is 4.61. The van der Waals surface area contributed by atoms with E-state index in [2.05, 4.69) is 24.9 Å². The van der Waals surface area contributed by atoms with Gasteiger partial charge in [-0.3, -0.25) is 0 Å². The minimum atomic E-state index is -0.881. The first-order valence-electron chi connectivity index (χ1n) is 6.45. The summed E-state index contributed by atoms with van der Waals surface area (Å²) in [5, 5.41) is 20.4. The lowest BCUT2D eigenvalue weighted by molar-refractivity contribution is -0.150. The highest BCUT2D eigenvalue weighted by Crippen LogP contribution is 2.45. The summed E-state index contributed by atoms with van der Waals surface area (Å²) in [5.41, 5.74) is -1.57. The zero-order chi connectivity index (χ0) is 12.5. The molecule has 0 amide bonds. The van der Waals surface area contributed by atoms with Crippen molar-refractivity contribution in [3.8, 4) is 6.07 Å². The fourth-order valence-electron chi connectivity index (χ4n) is 3.12. The number of nitriles is 1. The first-order chi connectivity index (χ1) is 8.03. The predicted molar refractivity (Wildman–Crippen MR) is 64.4 cm³/mol. The van der Waals surface area contributed by atoms with Crippen LogP contribution < -0.4 is 0 Å². The maximum Gasteiger partial charge on any atom is 0.109 e. The maximum atomic E-state index is 10.9. The Morgan fingerprint density at radius 3 is 2.76 bits per heavy atom. The summed E-state index contributed by atoms with van der Waals surface area (Å²) in [6.07, 6.45) is 2.97. The predicted octanol–water partition coefficient (Wildman–Crippen LogP) is 1.15. The van der Waals surface area contributed by atoms with Crippen molar-refractivity contribution in [3.05, 3.63) is 0 Å². The van der Waals surface area contributed by atoms with Crippen LogP contribution in [-0.4, -0.2) is 48.5 Å². The Morgan fingerprint density at radius 2 is 2.24 bits per heavy atom. The summed E-state index contributed by atoms with van der Waals surface area (Å²) < 4.78 is 5.46. The van der Waals surface area contributed by atoms with Gasteiger partial charge in [0.05, 0.1) is 18.3 Å². The minimum Gasteiger partial charge on any atom is -0.388 e. The second-order valence-electron chi connectivity index (χ2n) is 5.67. The van der Waals surface area contributed by atoms with Crippen LogP contribution in [0, 0.1) is 16.7 Å². The summed E-state index contributed by atoms with van der Waals surface area (Å²) in [5.74, 6) is 0. The molecule has 2 rings (SSSR count). The van der Waals surface area contributed by atoms with Gasteiger partial charge in [0.25, 0.3) is 0 Å². The summed E-state index contributed by atoms with van der Waals surface area (Å²) in [7, 11) is 2.07. The molecule has 0 bridgehead atoms. The normalized spacial score (nSPS) is 44.2. The zero-order valence-corrected chi connectivity index (χ0v) is 10.8. The van der Waals surface area contributed by atoms with E-state index in [1.165, 1.54) is 0 Å². The first-order valence-corrected chi connectivity index (χ1v) is 6.45. The summed E-state index contributed by atoms with van der Waals surface area (Å²) in [6, 6.07) is 2.69. The zero-order valence-electron chi connectivity index (χ0n) is 10.8. The van der Waals surface area contributed by atoms with E-state index in [4.69, 9.17) is 4.74 Å². The molecular formula is C13H22N2O2. The molecule has 0 spiro atoms. The van der Waals surface area contributed by atoms with Gasteiger partial charge in [0, 0.05) is 19.2 Å². The molecule has 0 aromatic heterocycles. The Hall–Kier alpha value is -0.630. The molecule has 2 aliphatic heterocycles. The Balaban J connectivity index is 2.21. The van der Waals surface area contributed by atoms with E-state index >= 15 is 0 Å². The van der Waals surface area contributed by atoms with Gasteiger partial charge in [-0.05, 0) is 39.7 Å². The molecule has 0 aliphatic carbocycles. The highest BCUT2D eigenvalue weighted by Gasteiger charge is 2.54. The lowest BCUT2D eigenvalue weighted by Crippen LogP contribution is -2.59. The first kappa shape index (κ1) is 12.8. The molecule has 17 heavy (non-hydrogen) atoms. The SMILES string of the molecule is CC1CC(O)(C2(C#N)CCCOC2)CCN1C. The van der Waals surface area contributed by atoms with Crippen molar-refractivity contribution in [1.82, 2.24) is 4.90 Å². The molecule has 4 heteroatoms. The van der Waals surface area contributed by atoms with Crippen LogP contribution in [0.5, 0.6) is 0 Å². The summed E-state index contributed by atoms with van der Waals surface area (Å²) in [4.78, 5) is 2.24. The highest BCUT2D eigenvalue weighted by molar-refractivity contribution is 5.14. The van der Waals surface area contributed by atoms with E-state index in [-0.39, 0.29) is 0 Å². The van der Waals surface area contributed by atoms with Crippen molar-refractivity contribution in [2.45, 2.75) is 44.2 Å². The van der Waals surface area contributed by atoms with Crippen molar-refractivity contribution >= 4 is 0 Å². The van der Waals surface area contributed by atoms with Crippen molar-refractivity contribution in [2.75, 3.05) is 26.8 Å². The number of hydrogen-bond donors (Lipinski definition) is 1. The lowest BCUT2D eigenvalue weighted by Gasteiger charge is -2.50. The van der Waals surface area contributed by atoms with E-state index in [1.807, 2.05) is 0 Å². The molecule has 2 fully saturated rings. The van der Waals surface area contributed by atoms with Crippen LogP contribution in [0.15, 0.2) is 0 Å². The largest absolute Gasteiger partial charge is 0.388 e. The molecule has 0 aromatic rings. The second kappa shape index (κ2) is 4.56. The van der Waals surface area contributed by atoms with E-state index in [0.29, 0.717) is 25.5 Å². The maximum absolute atomic E-state index is 10.9. The van der Waals surface area contributed by atoms with Gasteiger partial charge in [-0.15, -0.1) is 0 Å². The molecule has 2 aliphatic rings. The third-order valence-corrected chi connectivity index (χ3v) is 4.61. The molecule has 3 unspecified atom stereocenters. The Labute approximate surface area is 103 Å². The summed E-state index contributed by atoms with van der Waals surface area (Å²) >= 11 is 0. The van der Waals surface area contributed by atoms with Gasteiger partial charge >= 0.3 is 0 Å². The molecule has 3 atom stereocenters. The molecule has 0 saturated carbocycles. The molecule has 1 N–H and O–H groups in total. The van der Waals surface area contributed by atoms with Crippen LogP contribution >= 0.6 is 0 Å². The fourth-order valence-corrected chi connectivity index (χ4v) is 3.12. The Bertz CT molecular complexity index is 320. The number of piperidine rings is 1. The van der Waals surface area contributed by atoms with Gasteiger partial charge in [-0.25, -0.2) is 0 Å². The van der Waals surface area contributed by atoms with Crippen LogP contribution in [-0.2, 0) is 4.74 Å². The molecule has 4 nitrogen and oxygen atoms in total. The van der Waals surface area contributed by atoms with Gasteiger partial charge in [0.1, 0.15) is 5.41 Å². The standard InChI is InChI=1S/C13H22N2O2/c1-11-8-13(16,5-6-15(11)2)12(9-14)4-3-7-17-10-12/h11,16H,3-8,10H2,1-2H3. The van der Waals surface area contributed by atoms with Gasteiger partial charge in [-0.1, -0.05) is 0 Å². The number of ether oxygens (including phenoxy) is 1. The second-order valence-corrected chi connectivity index (χ2v) is 5.67. The average molecular weight is 238 g/mol. The number of aliphatic hydroxyl groups is 1. The van der Waals surface area contributed by atoms with E-state index in [9.17, 15) is 10.4 Å². The lowest BCUT2D eigenvalue weighted by atomic mass is 9.64. The number of rotatable bonds is 1. The van der Waals surface area contributed by atoms with Crippen molar-refractivity contribution in [1.29, 1.82) is 5.26 Å². The Kier molecular flexibility index (Phi) is 3.44. The monoisotopic (exact) mass is 238 g/mol. The number of hydrogen-bond acceptors (Lipinski definition) is 4. The van der Waals surface area contributed by atoms with E-state index in [0.717, 1.165) is 26.0 Å². The molecule has 2 heterocycles. The fraction of sp³-hybridized carbons (Fsp3) is 0.923. The number of nitrogens with zero attached hydrogens (tertiary/aromatic N) is 2. The molecule has 0 aromatic carbocycles. The van der Waals surface area contributed by atoms with Crippen LogP contribution in [0.25, 0.3) is 0 Å². The molecule has 96 valence electrons. The smallest absolute Gasteiger partial charge is 0.109 e. The van der Waals surface area contributed by atoms with E-state index in [1.54, 1.807) is 0 Å². The third kappa shape index (κ3) is 2.08. The van der Waals surface area contributed by atoms with Gasteiger partial charge in [0.2, 0.25) is 0 Å². The minimum absolute atomic E-state index is 0.320. The van der Waals surface area contributed by atoms with E-state index < -0.39 is 11.0 Å². The molecule has 2 saturated heterocycles. The topological polar surface area (TPSA) is 56.5 Å². The van der Waals surface area contributed by atoms with Crippen molar-refractivity contribution < 1.29 is 9.84 Å². The van der Waals surface area contributed by atoms with Gasteiger partial charge < -0.3 is 14.7 Å². The molecular weight excluding hydrogens is 216 g/mol. The Morgan fingerprint density at radius 1 is 1.47 bits per heavy atom.